The molecule has 0 bridgehead atoms. The van der Waals surface area contributed by atoms with Gasteiger partial charge in [-0.1, -0.05) is 48.0 Å². The number of thiophene rings is 1. The quantitative estimate of drug-likeness (QED) is 0.232. The van der Waals surface area contributed by atoms with Crippen molar-refractivity contribution in [3.63, 3.8) is 0 Å². The second kappa shape index (κ2) is 11.7. The third-order valence-electron chi connectivity index (χ3n) is 7.56. The Morgan fingerprint density at radius 1 is 1.13 bits per heavy atom. The Balaban J connectivity index is 1.53. The number of rotatable bonds is 7. The minimum Gasteiger partial charge on any atom is -0.496 e. The first-order valence-electron chi connectivity index (χ1n) is 12.9. The largest absolute Gasteiger partial charge is 0.496 e. The van der Waals surface area contributed by atoms with Crippen LogP contribution in [0.1, 0.15) is 40.9 Å². The summed E-state index contributed by atoms with van der Waals surface area (Å²) in [6.45, 7) is 7.55. The van der Waals surface area contributed by atoms with Crippen molar-refractivity contribution in [3.8, 4) is 16.9 Å². The molecule has 5 rings (SSSR count). The van der Waals surface area contributed by atoms with Gasteiger partial charge in [0.1, 0.15) is 16.4 Å². The average molecular weight is 562 g/mol. The first-order valence-corrected chi connectivity index (χ1v) is 14.1. The van der Waals surface area contributed by atoms with E-state index in [1.807, 2.05) is 42.3 Å². The fourth-order valence-corrected chi connectivity index (χ4v) is 6.88. The minimum atomic E-state index is -0.424. The zero-order valence-corrected chi connectivity index (χ0v) is 23.4. The average Bonchev–Trinajstić information content (AvgIpc) is 3.32. The Hall–Kier alpha value is -3.44. The summed E-state index contributed by atoms with van der Waals surface area (Å²) < 4.78 is 21.0. The highest BCUT2D eigenvalue weighted by Gasteiger charge is 2.32. The number of hydrogen-bond acceptors (Lipinski definition) is 4. The monoisotopic (exact) mass is 561 g/mol. The molecule has 39 heavy (non-hydrogen) atoms. The number of carbonyl (C=O) groups excluding carboxylic acids is 1. The summed E-state index contributed by atoms with van der Waals surface area (Å²) in [4.78, 5) is 19.9. The highest BCUT2D eigenvalue weighted by atomic mass is 35.5. The number of fused-ring (bicyclic) bond motifs is 1. The predicted octanol–water partition coefficient (Wildman–Crippen LogP) is 8.09. The standard InChI is InChI=1S/C31H29ClFN3O2S/c1-34-22-10-7-19(8-11-22)20-9-16-26(38-3)21(17-20)18-36(24-14-12-23(35-2)13-15-24)31(37)30-29(32)28-25(33)5-4-6-27(28)39-30/h4-11,16-17,23-24,35H,12-15,18H2,2-3H3. The Labute approximate surface area is 237 Å². The molecular formula is C31H29ClFN3O2S. The van der Waals surface area contributed by atoms with Crippen molar-refractivity contribution < 1.29 is 13.9 Å². The maximum absolute atomic E-state index is 14.6. The molecule has 4 aromatic rings. The number of nitrogens with zero attached hydrogens (tertiary/aromatic N) is 2. The van der Waals surface area contributed by atoms with E-state index in [-0.39, 0.29) is 17.0 Å². The second-order valence-corrected chi connectivity index (χ2v) is 11.2. The first-order chi connectivity index (χ1) is 18.9. The third-order valence-corrected chi connectivity index (χ3v) is 9.19. The smallest absolute Gasteiger partial charge is 0.266 e. The fourth-order valence-electron chi connectivity index (χ4n) is 5.38. The van der Waals surface area contributed by atoms with Gasteiger partial charge < -0.3 is 15.0 Å². The van der Waals surface area contributed by atoms with Gasteiger partial charge in [-0.05, 0) is 68.1 Å². The summed E-state index contributed by atoms with van der Waals surface area (Å²) in [7, 11) is 3.60. The van der Waals surface area contributed by atoms with E-state index in [2.05, 4.69) is 10.2 Å². The third kappa shape index (κ3) is 5.51. The fraction of sp³-hybridized carbons (Fsp3) is 0.290. The highest BCUT2D eigenvalue weighted by molar-refractivity contribution is 7.21. The maximum Gasteiger partial charge on any atom is 0.266 e. The van der Waals surface area contributed by atoms with Crippen LogP contribution in [0.5, 0.6) is 5.75 Å². The summed E-state index contributed by atoms with van der Waals surface area (Å²) in [6, 6.07) is 18.6. The number of amides is 1. The Morgan fingerprint density at radius 2 is 1.85 bits per heavy atom. The van der Waals surface area contributed by atoms with Gasteiger partial charge in [0.15, 0.2) is 5.69 Å². The molecule has 1 heterocycles. The van der Waals surface area contributed by atoms with Crippen molar-refractivity contribution >= 4 is 44.6 Å². The molecule has 0 radical (unpaired) electrons. The van der Waals surface area contributed by atoms with Gasteiger partial charge in [-0.25, -0.2) is 9.24 Å². The van der Waals surface area contributed by atoms with Crippen LogP contribution in [0.15, 0.2) is 60.7 Å². The van der Waals surface area contributed by atoms with Crippen molar-refractivity contribution in [3.05, 3.63) is 93.4 Å². The molecule has 1 amide bonds. The summed E-state index contributed by atoms with van der Waals surface area (Å²) in [5.74, 6) is 0.0709. The van der Waals surface area contributed by atoms with Crippen LogP contribution in [-0.2, 0) is 6.54 Å². The second-order valence-electron chi connectivity index (χ2n) is 9.77. The maximum atomic E-state index is 14.6. The van der Waals surface area contributed by atoms with Gasteiger partial charge in [0, 0.05) is 34.3 Å². The number of carbonyl (C=O) groups is 1. The van der Waals surface area contributed by atoms with Gasteiger partial charge in [0.05, 0.1) is 18.7 Å². The Kier molecular flexibility index (Phi) is 8.18. The zero-order chi connectivity index (χ0) is 27.5. The van der Waals surface area contributed by atoms with E-state index in [0.717, 1.165) is 42.4 Å². The van der Waals surface area contributed by atoms with Crippen LogP contribution in [0.4, 0.5) is 10.1 Å². The van der Waals surface area contributed by atoms with Crippen LogP contribution in [0.25, 0.3) is 26.1 Å². The molecule has 1 aromatic heterocycles. The van der Waals surface area contributed by atoms with Crippen LogP contribution in [-0.4, -0.2) is 37.0 Å². The van der Waals surface area contributed by atoms with E-state index in [0.29, 0.717) is 39.0 Å². The lowest BCUT2D eigenvalue weighted by molar-refractivity contribution is 0.0604. The summed E-state index contributed by atoms with van der Waals surface area (Å²) in [5, 5.41) is 3.83. The van der Waals surface area contributed by atoms with Gasteiger partial charge >= 0.3 is 0 Å². The lowest BCUT2D eigenvalue weighted by atomic mass is 9.89. The molecule has 1 N–H and O–H groups in total. The minimum absolute atomic E-state index is 0.0135. The number of halogens is 2. The highest BCUT2D eigenvalue weighted by Crippen LogP contribution is 2.39. The van der Waals surface area contributed by atoms with Crippen LogP contribution >= 0.6 is 22.9 Å². The molecule has 200 valence electrons. The lowest BCUT2D eigenvalue weighted by Crippen LogP contribution is -2.44. The van der Waals surface area contributed by atoms with E-state index < -0.39 is 5.82 Å². The molecule has 0 atom stereocenters. The van der Waals surface area contributed by atoms with Crippen LogP contribution < -0.4 is 10.1 Å². The van der Waals surface area contributed by atoms with Crippen molar-refractivity contribution in [1.82, 2.24) is 10.2 Å². The molecule has 0 spiro atoms. The van der Waals surface area contributed by atoms with Crippen molar-refractivity contribution in [2.45, 2.75) is 44.3 Å². The van der Waals surface area contributed by atoms with Crippen LogP contribution in [0.3, 0.4) is 0 Å². The van der Waals surface area contributed by atoms with Crippen molar-refractivity contribution in [2.24, 2.45) is 0 Å². The van der Waals surface area contributed by atoms with Crippen LogP contribution in [0, 0.1) is 12.4 Å². The van der Waals surface area contributed by atoms with E-state index in [9.17, 15) is 9.18 Å². The topological polar surface area (TPSA) is 45.9 Å². The number of benzene rings is 3. The molecule has 1 aliphatic rings. The van der Waals surface area contributed by atoms with E-state index in [1.165, 1.54) is 17.4 Å². The molecule has 1 fully saturated rings. The van der Waals surface area contributed by atoms with E-state index >= 15 is 0 Å². The molecule has 8 heteroatoms. The number of nitrogens with one attached hydrogen (secondary N) is 1. The predicted molar refractivity (Wildman–Crippen MR) is 156 cm³/mol. The summed E-state index contributed by atoms with van der Waals surface area (Å²) >= 11 is 7.88. The Bertz CT molecular complexity index is 1540. The van der Waals surface area contributed by atoms with Gasteiger partial charge in [-0.15, -0.1) is 11.3 Å². The molecule has 0 aliphatic heterocycles. The van der Waals surface area contributed by atoms with Gasteiger partial charge in [0.25, 0.3) is 5.91 Å². The number of ether oxygens (including phenoxy) is 1. The number of hydrogen-bond donors (Lipinski definition) is 1. The SMILES string of the molecule is [C-]#[N+]c1ccc(-c2ccc(OC)c(CN(C(=O)c3sc4cccc(F)c4c3Cl)C3CCC(NC)CC3)c2)cc1. The van der Waals surface area contributed by atoms with Crippen molar-refractivity contribution in [1.29, 1.82) is 0 Å². The zero-order valence-electron chi connectivity index (χ0n) is 21.8. The van der Waals surface area contributed by atoms with E-state index in [4.69, 9.17) is 22.9 Å². The number of methoxy groups -OCH3 is 1. The molecule has 1 saturated carbocycles. The van der Waals surface area contributed by atoms with Crippen LogP contribution in [0.2, 0.25) is 5.02 Å². The molecule has 3 aromatic carbocycles. The van der Waals surface area contributed by atoms with Gasteiger partial charge in [0.2, 0.25) is 0 Å². The Morgan fingerprint density at radius 3 is 2.49 bits per heavy atom. The lowest BCUT2D eigenvalue weighted by Gasteiger charge is -2.37. The van der Waals surface area contributed by atoms with Crippen molar-refractivity contribution in [2.75, 3.05) is 14.2 Å². The molecule has 1 aliphatic carbocycles. The van der Waals surface area contributed by atoms with Gasteiger partial charge in [-0.3, -0.25) is 4.79 Å². The molecular weight excluding hydrogens is 533 g/mol. The summed E-state index contributed by atoms with van der Waals surface area (Å²) in [5.41, 5.74) is 3.40. The molecule has 0 unspecified atom stereocenters. The summed E-state index contributed by atoms with van der Waals surface area (Å²) in [6.07, 6.45) is 3.64. The van der Waals surface area contributed by atoms with Gasteiger partial charge in [-0.2, -0.15) is 0 Å². The molecule has 0 saturated heterocycles. The van der Waals surface area contributed by atoms with E-state index in [1.54, 1.807) is 31.4 Å². The normalized spacial score (nSPS) is 17.1. The molecule has 5 nitrogen and oxygen atoms in total. The first kappa shape index (κ1) is 27.1.